The first-order valence-electron chi connectivity index (χ1n) is 7.78. The van der Waals surface area contributed by atoms with Crippen LogP contribution in [-0.2, 0) is 0 Å². The maximum Gasteiger partial charge on any atom is 0.262 e. The summed E-state index contributed by atoms with van der Waals surface area (Å²) in [6.07, 6.45) is 10.1. The van der Waals surface area contributed by atoms with Gasteiger partial charge < -0.3 is 0 Å². The van der Waals surface area contributed by atoms with E-state index in [9.17, 15) is 0 Å². The molecule has 0 unspecified atom stereocenters. The quantitative estimate of drug-likeness (QED) is 0.394. The van der Waals surface area contributed by atoms with Crippen molar-refractivity contribution >= 4 is 14.1 Å². The van der Waals surface area contributed by atoms with Gasteiger partial charge in [0.1, 0.15) is 0 Å². The predicted molar refractivity (Wildman–Crippen MR) is 78.7 cm³/mol. The Hall–Kier alpha value is 0.532. The highest BCUT2D eigenvalue weighted by molar-refractivity contribution is 6.58. The van der Waals surface area contributed by atoms with Crippen molar-refractivity contribution in [1.82, 2.24) is 0 Å². The monoisotopic (exact) mass is 240 g/mol. The molecule has 0 radical (unpaired) electrons. The van der Waals surface area contributed by atoms with Crippen LogP contribution in [-0.4, -0.2) is 14.1 Å². The molecule has 0 nitrogen and oxygen atoms in total. The van der Waals surface area contributed by atoms with Crippen LogP contribution in [0.4, 0.5) is 0 Å². The zero-order chi connectivity index (χ0) is 12.2. The lowest BCUT2D eigenvalue weighted by Crippen LogP contribution is -2.17. The van der Waals surface area contributed by atoms with Gasteiger partial charge in [-0.2, -0.15) is 0 Å². The number of unbranched alkanes of at least 4 members (excludes halogenated alkanes) is 1. The second-order valence-electron chi connectivity index (χ2n) is 5.48. The fraction of sp³-hybridized carbons (Fsp3) is 1.00. The van der Waals surface area contributed by atoms with Crippen molar-refractivity contribution in [3.63, 3.8) is 0 Å². The maximum absolute atomic E-state index is 2.37. The van der Waals surface area contributed by atoms with Crippen molar-refractivity contribution in [1.29, 1.82) is 0 Å². The Bertz CT molecular complexity index is 127. The van der Waals surface area contributed by atoms with Gasteiger partial charge in [-0.05, 0) is 0 Å². The lowest BCUT2D eigenvalue weighted by molar-refractivity contribution is 0.462. The largest absolute Gasteiger partial charge is 0.262 e. The van der Waals surface area contributed by atoms with E-state index in [0.29, 0.717) is 0 Å². The van der Waals surface area contributed by atoms with Crippen LogP contribution >= 0.6 is 0 Å². The molecule has 0 rings (SSSR count). The van der Waals surface area contributed by atoms with Gasteiger partial charge in [0.15, 0.2) is 0 Å². The molecule has 0 aromatic heterocycles. The number of hydrogen-bond donors (Lipinski definition) is 0. The van der Waals surface area contributed by atoms with Crippen molar-refractivity contribution in [2.45, 2.75) is 88.5 Å². The second-order valence-corrected chi connectivity index (χ2v) is 8.83. The van der Waals surface area contributed by atoms with Gasteiger partial charge >= 0.3 is 0 Å². The van der Waals surface area contributed by atoms with Crippen LogP contribution in [0.3, 0.4) is 0 Å². The van der Waals surface area contributed by atoms with E-state index >= 15 is 0 Å². The SMILES string of the molecule is CCCC[C@@H](CCC)[CH2][Al]([CH2]CC)[CH2]CC. The lowest BCUT2D eigenvalue weighted by atomic mass is 9.99. The molecule has 16 heavy (non-hydrogen) atoms. The van der Waals surface area contributed by atoms with E-state index in [-0.39, 0.29) is 14.1 Å². The maximum atomic E-state index is 2.37. The second kappa shape index (κ2) is 12.0. The highest BCUT2D eigenvalue weighted by Crippen LogP contribution is 2.24. The first-order chi connectivity index (χ1) is 7.78. The molecule has 0 saturated heterocycles. The molecule has 0 saturated carbocycles. The first-order valence-corrected chi connectivity index (χ1v) is 10.2. The van der Waals surface area contributed by atoms with E-state index in [4.69, 9.17) is 0 Å². The Kier molecular flexibility index (Phi) is 12.4. The average Bonchev–Trinajstić information content (AvgIpc) is 2.27. The van der Waals surface area contributed by atoms with Crippen LogP contribution in [0.25, 0.3) is 0 Å². The summed E-state index contributed by atoms with van der Waals surface area (Å²) in [6, 6.07) is 0. The van der Waals surface area contributed by atoms with Gasteiger partial charge in [-0.25, -0.2) is 0 Å². The summed E-state index contributed by atoms with van der Waals surface area (Å²) in [5.41, 5.74) is 0. The number of hydrogen-bond acceptors (Lipinski definition) is 0. The van der Waals surface area contributed by atoms with Crippen LogP contribution in [0.15, 0.2) is 0 Å². The third-order valence-electron chi connectivity index (χ3n) is 3.72. The summed E-state index contributed by atoms with van der Waals surface area (Å²) >= 11 is -0.366. The molecule has 96 valence electrons. The molecular weight excluding hydrogens is 207 g/mol. The van der Waals surface area contributed by atoms with E-state index in [1.165, 1.54) is 44.9 Å². The smallest absolute Gasteiger partial charge is 0.0941 e. The summed E-state index contributed by atoms with van der Waals surface area (Å²) in [5.74, 6) is 1.08. The van der Waals surface area contributed by atoms with E-state index < -0.39 is 0 Å². The molecule has 0 N–H and O–H groups in total. The van der Waals surface area contributed by atoms with Gasteiger partial charge in [0, 0.05) is 0 Å². The minimum atomic E-state index is -0.366. The first kappa shape index (κ1) is 16.5. The predicted octanol–water partition coefficient (Wildman–Crippen LogP) is 5.91. The topological polar surface area (TPSA) is 0 Å². The summed E-state index contributed by atoms with van der Waals surface area (Å²) < 4.78 is 0. The van der Waals surface area contributed by atoms with Crippen molar-refractivity contribution in [2.75, 3.05) is 0 Å². The van der Waals surface area contributed by atoms with Crippen LogP contribution < -0.4 is 0 Å². The lowest BCUT2D eigenvalue weighted by Gasteiger charge is -2.19. The summed E-state index contributed by atoms with van der Waals surface area (Å²) in [5, 5.41) is 4.84. The van der Waals surface area contributed by atoms with Crippen LogP contribution in [0.5, 0.6) is 0 Å². The molecule has 0 spiro atoms. The van der Waals surface area contributed by atoms with Crippen LogP contribution in [0.1, 0.15) is 72.6 Å². The van der Waals surface area contributed by atoms with E-state index in [1.54, 1.807) is 15.8 Å². The molecule has 0 aromatic carbocycles. The van der Waals surface area contributed by atoms with Gasteiger partial charge in [0.05, 0.1) is 0 Å². The standard InChI is InChI=1S/C9H19.2C3H7.Al/c1-4-6-8-9(3)7-5-2;2*1-3-2;/h9H,3-8H2,1-2H3;2*1,3H2,2H3;/t9-;;;/m1.../s1. The molecule has 0 aliphatic heterocycles. The Morgan fingerprint density at radius 2 is 1.38 bits per heavy atom. The zero-order valence-electron chi connectivity index (χ0n) is 12.2. The fourth-order valence-electron chi connectivity index (χ4n) is 2.95. The summed E-state index contributed by atoms with van der Waals surface area (Å²) in [6.45, 7) is 9.43. The molecule has 0 aliphatic carbocycles. The third-order valence-corrected chi connectivity index (χ3v) is 7.84. The van der Waals surface area contributed by atoms with Crippen molar-refractivity contribution in [2.24, 2.45) is 5.92 Å². The average molecular weight is 240 g/mol. The molecule has 0 fully saturated rings. The van der Waals surface area contributed by atoms with E-state index in [1.807, 2.05) is 0 Å². The van der Waals surface area contributed by atoms with Gasteiger partial charge in [0.25, 0.3) is 14.1 Å². The molecule has 1 heteroatoms. The summed E-state index contributed by atoms with van der Waals surface area (Å²) in [4.78, 5) is 0. The Morgan fingerprint density at radius 1 is 0.750 bits per heavy atom. The Balaban J connectivity index is 3.98. The molecule has 0 bridgehead atoms. The highest BCUT2D eigenvalue weighted by Gasteiger charge is 2.19. The third kappa shape index (κ3) is 8.66. The van der Waals surface area contributed by atoms with Crippen LogP contribution in [0.2, 0.25) is 15.8 Å². The summed E-state index contributed by atoms with van der Waals surface area (Å²) in [7, 11) is 0. The van der Waals surface area contributed by atoms with Gasteiger partial charge in [-0.3, -0.25) is 0 Å². The minimum absolute atomic E-state index is 0.366. The molecule has 0 aliphatic rings. The van der Waals surface area contributed by atoms with Gasteiger partial charge in [0.2, 0.25) is 0 Å². The molecule has 1 atom stereocenters. The van der Waals surface area contributed by atoms with Crippen LogP contribution in [0, 0.1) is 5.92 Å². The van der Waals surface area contributed by atoms with E-state index in [0.717, 1.165) is 5.92 Å². The molecule has 0 aromatic rings. The molecular formula is C15H33Al. The van der Waals surface area contributed by atoms with E-state index in [2.05, 4.69) is 27.7 Å². The van der Waals surface area contributed by atoms with Crippen molar-refractivity contribution < 1.29 is 0 Å². The van der Waals surface area contributed by atoms with Gasteiger partial charge in [-0.1, -0.05) is 94.4 Å². The number of rotatable bonds is 11. The minimum Gasteiger partial charge on any atom is -0.0941 e. The molecule has 0 heterocycles. The normalized spacial score (nSPS) is 12.8. The van der Waals surface area contributed by atoms with Crippen molar-refractivity contribution in [3.05, 3.63) is 0 Å². The van der Waals surface area contributed by atoms with Crippen molar-refractivity contribution in [3.8, 4) is 0 Å². The molecule has 0 amide bonds. The Labute approximate surface area is 109 Å². The zero-order valence-corrected chi connectivity index (χ0v) is 13.4. The highest BCUT2D eigenvalue weighted by atomic mass is 27.2. The van der Waals surface area contributed by atoms with Gasteiger partial charge in [-0.15, -0.1) is 0 Å². The fourth-order valence-corrected chi connectivity index (χ4v) is 6.76. The Morgan fingerprint density at radius 3 is 1.81 bits per heavy atom.